The number of oxazole rings is 1. The van der Waals surface area contributed by atoms with Gasteiger partial charge in [-0.15, -0.1) is 0 Å². The first-order valence-corrected chi connectivity index (χ1v) is 12.5. The summed E-state index contributed by atoms with van der Waals surface area (Å²) in [5.74, 6) is 2.40. The molecule has 9 nitrogen and oxygen atoms in total. The lowest BCUT2D eigenvalue weighted by Gasteiger charge is -2.34. The van der Waals surface area contributed by atoms with Crippen molar-refractivity contribution in [3.63, 3.8) is 0 Å². The Labute approximate surface area is 206 Å². The van der Waals surface area contributed by atoms with Crippen molar-refractivity contribution >= 4 is 12.0 Å². The maximum absolute atomic E-state index is 12.8. The summed E-state index contributed by atoms with van der Waals surface area (Å²) >= 11 is 0. The average Bonchev–Trinajstić information content (AvgIpc) is 3.25. The number of nitrogens with zero attached hydrogens (tertiary/aromatic N) is 3. The number of hydrogen-bond acceptors (Lipinski definition) is 7. The number of likely N-dealkylation sites (tertiary alicyclic amines) is 2. The lowest BCUT2D eigenvalue weighted by Crippen LogP contribution is -2.49. The van der Waals surface area contributed by atoms with Crippen LogP contribution in [-0.4, -0.2) is 72.7 Å². The second-order valence-corrected chi connectivity index (χ2v) is 9.27. The van der Waals surface area contributed by atoms with Crippen LogP contribution in [0.1, 0.15) is 44.1 Å². The van der Waals surface area contributed by atoms with E-state index in [1.807, 2.05) is 38.1 Å². The van der Waals surface area contributed by atoms with E-state index in [-0.39, 0.29) is 24.0 Å². The molecule has 2 aromatic rings. The number of benzene rings is 1. The number of methoxy groups -OCH3 is 1. The standard InChI is InChI=1S/C26H36N4O5/c1-4-34-26(32)30-15-11-21(12-16-30)27-24(31)19-9-13-29(14-10-19)17-23-18(2)35-25(28-23)20-5-7-22(33-3)8-6-20/h5-8,19,21H,4,9-17H2,1-3H3,(H,27,31). The van der Waals surface area contributed by atoms with Gasteiger partial charge in [-0.3, -0.25) is 9.69 Å². The van der Waals surface area contributed by atoms with Gasteiger partial charge in [0.1, 0.15) is 11.5 Å². The first kappa shape index (κ1) is 25.0. The molecule has 190 valence electrons. The molecule has 2 aliphatic rings. The third-order valence-corrected chi connectivity index (χ3v) is 6.93. The Morgan fingerprint density at radius 3 is 2.40 bits per heavy atom. The summed E-state index contributed by atoms with van der Waals surface area (Å²) in [6, 6.07) is 7.81. The lowest BCUT2D eigenvalue weighted by atomic mass is 9.94. The third kappa shape index (κ3) is 6.33. The molecular formula is C26H36N4O5. The number of piperidine rings is 2. The minimum atomic E-state index is -0.261. The normalized spacial score (nSPS) is 17.9. The van der Waals surface area contributed by atoms with Crippen LogP contribution in [0.2, 0.25) is 0 Å². The molecule has 2 amide bonds. The van der Waals surface area contributed by atoms with Gasteiger partial charge in [-0.2, -0.15) is 0 Å². The number of aromatic nitrogens is 1. The number of ether oxygens (including phenoxy) is 2. The fraction of sp³-hybridized carbons (Fsp3) is 0.577. The summed E-state index contributed by atoms with van der Waals surface area (Å²) in [4.78, 5) is 33.5. The Balaban J connectivity index is 1.22. The molecule has 0 unspecified atom stereocenters. The minimum absolute atomic E-state index is 0.0302. The third-order valence-electron chi connectivity index (χ3n) is 6.93. The molecule has 2 aliphatic heterocycles. The second-order valence-electron chi connectivity index (χ2n) is 9.27. The monoisotopic (exact) mass is 484 g/mol. The molecule has 0 saturated carbocycles. The van der Waals surface area contributed by atoms with E-state index in [1.165, 1.54) is 0 Å². The van der Waals surface area contributed by atoms with Gasteiger partial charge in [-0.1, -0.05) is 0 Å². The molecular weight excluding hydrogens is 448 g/mol. The predicted molar refractivity (Wildman–Crippen MR) is 131 cm³/mol. The molecule has 0 atom stereocenters. The van der Waals surface area contributed by atoms with Gasteiger partial charge in [-0.05, 0) is 76.9 Å². The van der Waals surface area contributed by atoms with E-state index >= 15 is 0 Å². The van der Waals surface area contributed by atoms with E-state index in [0.29, 0.717) is 32.1 Å². The summed E-state index contributed by atoms with van der Waals surface area (Å²) in [7, 11) is 1.64. The first-order valence-electron chi connectivity index (χ1n) is 12.5. The second kappa shape index (κ2) is 11.6. The van der Waals surface area contributed by atoms with Gasteiger partial charge in [0.05, 0.1) is 19.4 Å². The van der Waals surface area contributed by atoms with Crippen molar-refractivity contribution in [3.8, 4) is 17.2 Å². The number of carbonyl (C=O) groups excluding carboxylic acids is 2. The lowest BCUT2D eigenvalue weighted by molar-refractivity contribution is -0.127. The smallest absolute Gasteiger partial charge is 0.409 e. The SMILES string of the molecule is CCOC(=O)N1CCC(NC(=O)C2CCN(Cc3nc(-c4ccc(OC)cc4)oc3C)CC2)CC1. The van der Waals surface area contributed by atoms with Gasteiger partial charge in [0.2, 0.25) is 11.8 Å². The van der Waals surface area contributed by atoms with Gasteiger partial charge in [0.15, 0.2) is 0 Å². The zero-order valence-electron chi connectivity index (χ0n) is 20.9. The Morgan fingerprint density at radius 2 is 1.77 bits per heavy atom. The van der Waals surface area contributed by atoms with E-state index in [9.17, 15) is 9.59 Å². The highest BCUT2D eigenvalue weighted by Crippen LogP contribution is 2.26. The summed E-state index contributed by atoms with van der Waals surface area (Å²) < 4.78 is 16.2. The molecule has 2 saturated heterocycles. The molecule has 1 aromatic heterocycles. The molecule has 0 radical (unpaired) electrons. The van der Waals surface area contributed by atoms with E-state index in [0.717, 1.165) is 61.5 Å². The highest BCUT2D eigenvalue weighted by Gasteiger charge is 2.29. The molecule has 3 heterocycles. The maximum atomic E-state index is 12.8. The maximum Gasteiger partial charge on any atom is 0.409 e. The van der Waals surface area contributed by atoms with Gasteiger partial charge in [-0.25, -0.2) is 9.78 Å². The zero-order chi connectivity index (χ0) is 24.8. The first-order chi connectivity index (χ1) is 17.0. The Kier molecular flexibility index (Phi) is 8.28. The van der Waals surface area contributed by atoms with Gasteiger partial charge >= 0.3 is 6.09 Å². The quantitative estimate of drug-likeness (QED) is 0.641. The summed E-state index contributed by atoms with van der Waals surface area (Å²) in [6.45, 7) is 7.80. The molecule has 0 aliphatic carbocycles. The number of carbonyl (C=O) groups is 2. The molecule has 0 spiro atoms. The predicted octanol–water partition coefficient (Wildman–Crippen LogP) is 3.61. The number of nitrogens with one attached hydrogen (secondary N) is 1. The van der Waals surface area contributed by atoms with E-state index in [4.69, 9.17) is 18.9 Å². The van der Waals surface area contributed by atoms with Crippen LogP contribution < -0.4 is 10.1 Å². The zero-order valence-corrected chi connectivity index (χ0v) is 20.9. The van der Waals surface area contributed by atoms with Gasteiger partial charge in [0, 0.05) is 37.2 Å². The Hall–Kier alpha value is -3.07. The molecule has 9 heteroatoms. The van der Waals surface area contributed by atoms with Crippen molar-refractivity contribution in [1.82, 2.24) is 20.1 Å². The highest BCUT2D eigenvalue weighted by atomic mass is 16.6. The van der Waals surface area contributed by atoms with E-state index in [2.05, 4.69) is 10.2 Å². The van der Waals surface area contributed by atoms with E-state index < -0.39 is 0 Å². The van der Waals surface area contributed by atoms with Crippen LogP contribution in [0.25, 0.3) is 11.5 Å². The fourth-order valence-corrected chi connectivity index (χ4v) is 4.74. The van der Waals surface area contributed by atoms with Crippen LogP contribution >= 0.6 is 0 Å². The molecule has 4 rings (SSSR count). The average molecular weight is 485 g/mol. The number of aryl methyl sites for hydroxylation is 1. The minimum Gasteiger partial charge on any atom is -0.497 e. The van der Waals surface area contributed by atoms with Gasteiger partial charge in [0.25, 0.3) is 0 Å². The summed E-state index contributed by atoms with van der Waals surface area (Å²) in [5, 5.41) is 3.21. The van der Waals surface area contributed by atoms with Crippen molar-refractivity contribution in [1.29, 1.82) is 0 Å². The molecule has 1 aromatic carbocycles. The molecule has 0 bridgehead atoms. The summed E-state index contributed by atoms with van der Waals surface area (Å²) in [5.41, 5.74) is 1.86. The van der Waals surface area contributed by atoms with Crippen LogP contribution in [0.15, 0.2) is 28.7 Å². The Morgan fingerprint density at radius 1 is 1.09 bits per heavy atom. The highest BCUT2D eigenvalue weighted by molar-refractivity contribution is 5.79. The van der Waals surface area contributed by atoms with Crippen LogP contribution in [0, 0.1) is 12.8 Å². The van der Waals surface area contributed by atoms with Gasteiger partial charge < -0.3 is 24.1 Å². The van der Waals surface area contributed by atoms with Crippen molar-refractivity contribution in [2.24, 2.45) is 5.92 Å². The van der Waals surface area contributed by atoms with Crippen molar-refractivity contribution < 1.29 is 23.5 Å². The molecule has 2 fully saturated rings. The van der Waals surface area contributed by atoms with E-state index in [1.54, 1.807) is 12.0 Å². The molecule has 1 N–H and O–H groups in total. The van der Waals surface area contributed by atoms with Crippen molar-refractivity contribution in [3.05, 3.63) is 35.7 Å². The molecule has 35 heavy (non-hydrogen) atoms. The Bertz CT molecular complexity index is 990. The number of rotatable bonds is 7. The number of hydrogen-bond donors (Lipinski definition) is 1. The topological polar surface area (TPSA) is 97.1 Å². The number of amides is 2. The van der Waals surface area contributed by atoms with Crippen molar-refractivity contribution in [2.45, 2.75) is 52.1 Å². The van der Waals surface area contributed by atoms with Crippen LogP contribution in [0.5, 0.6) is 5.75 Å². The van der Waals surface area contributed by atoms with Crippen LogP contribution in [0.3, 0.4) is 0 Å². The fourth-order valence-electron chi connectivity index (χ4n) is 4.74. The summed E-state index contributed by atoms with van der Waals surface area (Å²) in [6.07, 6.45) is 2.94. The van der Waals surface area contributed by atoms with Crippen molar-refractivity contribution in [2.75, 3.05) is 39.9 Å². The van der Waals surface area contributed by atoms with Crippen LogP contribution in [-0.2, 0) is 16.1 Å². The van der Waals surface area contributed by atoms with Crippen LogP contribution in [0.4, 0.5) is 4.79 Å². The largest absolute Gasteiger partial charge is 0.497 e.